The third-order valence-electron chi connectivity index (χ3n) is 5.59. The van der Waals surface area contributed by atoms with E-state index in [1.165, 1.54) is 0 Å². The van der Waals surface area contributed by atoms with Crippen molar-refractivity contribution in [3.8, 4) is 0 Å². The van der Waals surface area contributed by atoms with Gasteiger partial charge in [0.25, 0.3) is 0 Å². The van der Waals surface area contributed by atoms with Crippen molar-refractivity contribution in [3.63, 3.8) is 0 Å². The van der Waals surface area contributed by atoms with Crippen LogP contribution in [0.15, 0.2) is 53.7 Å². The van der Waals surface area contributed by atoms with Gasteiger partial charge in [-0.15, -0.1) is 0 Å². The van der Waals surface area contributed by atoms with Gasteiger partial charge in [-0.05, 0) is 12.1 Å². The average molecular weight is 423 g/mol. The topological polar surface area (TPSA) is 93.8 Å². The third-order valence-corrected chi connectivity index (χ3v) is 5.89. The summed E-state index contributed by atoms with van der Waals surface area (Å²) in [6.07, 6.45) is 1.56. The van der Waals surface area contributed by atoms with Crippen LogP contribution in [0, 0.1) is 0 Å². The number of H-pyrrole nitrogens is 1. The predicted molar refractivity (Wildman–Crippen MR) is 120 cm³/mol. The molecule has 4 N–H and O–H groups in total. The molecule has 0 atom stereocenters. The van der Waals surface area contributed by atoms with Crippen LogP contribution in [0.25, 0.3) is 22.3 Å². The van der Waals surface area contributed by atoms with E-state index in [1.807, 2.05) is 36.4 Å². The summed E-state index contributed by atoms with van der Waals surface area (Å²) >= 11 is 6.56. The van der Waals surface area contributed by atoms with E-state index in [4.69, 9.17) is 22.3 Å². The number of aromatic amines is 1. The van der Waals surface area contributed by atoms with E-state index >= 15 is 0 Å². The molecular formula is C22H23ClN6O. The maximum absolute atomic E-state index is 9.60. The molecule has 0 spiro atoms. The Balaban J connectivity index is 1.61. The first-order valence-electron chi connectivity index (χ1n) is 9.99. The molecule has 0 aliphatic carbocycles. The summed E-state index contributed by atoms with van der Waals surface area (Å²) in [6.45, 7) is 3.60. The number of aliphatic hydroxyl groups is 1. The minimum atomic E-state index is -0.213. The fourth-order valence-electron chi connectivity index (χ4n) is 4.10. The number of nitrogens with one attached hydrogen (secondary N) is 1. The zero-order valence-corrected chi connectivity index (χ0v) is 17.2. The van der Waals surface area contributed by atoms with Crippen LogP contribution in [0.2, 0.25) is 5.02 Å². The molecule has 8 heteroatoms. The molecule has 1 saturated heterocycles. The number of nitrogens with zero attached hydrogens (tertiary/aromatic N) is 4. The lowest BCUT2D eigenvalue weighted by Gasteiger charge is -2.39. The highest BCUT2D eigenvalue weighted by molar-refractivity contribution is 6.35. The van der Waals surface area contributed by atoms with Crippen LogP contribution in [0.5, 0.6) is 0 Å². The Bertz CT molecular complexity index is 1130. The summed E-state index contributed by atoms with van der Waals surface area (Å²) in [4.78, 5) is 9.24. The summed E-state index contributed by atoms with van der Waals surface area (Å²) in [5.74, 6) is 0.580. The molecule has 0 saturated carbocycles. The van der Waals surface area contributed by atoms with Crippen molar-refractivity contribution in [2.24, 2.45) is 10.7 Å². The van der Waals surface area contributed by atoms with Crippen molar-refractivity contribution < 1.29 is 5.11 Å². The minimum Gasteiger partial charge on any atom is -0.390 e. The van der Waals surface area contributed by atoms with Crippen molar-refractivity contribution in [3.05, 3.63) is 64.8 Å². The van der Waals surface area contributed by atoms with Gasteiger partial charge in [0.15, 0.2) is 0 Å². The van der Waals surface area contributed by atoms with Crippen molar-refractivity contribution in [2.45, 2.75) is 6.10 Å². The van der Waals surface area contributed by atoms with Crippen LogP contribution in [0.4, 0.5) is 0 Å². The van der Waals surface area contributed by atoms with Crippen LogP contribution in [0.1, 0.15) is 11.1 Å². The predicted octanol–water partition coefficient (Wildman–Crippen LogP) is 2.39. The molecule has 0 radical (unpaired) electrons. The number of aliphatic imine (C=N–C) groups is 1. The first-order valence-corrected chi connectivity index (χ1v) is 10.4. The maximum atomic E-state index is 9.60. The maximum Gasteiger partial charge on any atom is 0.119 e. The number of amidine groups is 1. The number of aromatic nitrogens is 2. The molecule has 30 heavy (non-hydrogen) atoms. The lowest BCUT2D eigenvalue weighted by molar-refractivity contribution is 0.000286. The van der Waals surface area contributed by atoms with Crippen LogP contribution in [-0.4, -0.2) is 69.8 Å². The van der Waals surface area contributed by atoms with E-state index in [0.717, 1.165) is 59.6 Å². The number of aliphatic hydroxyl groups excluding tert-OH is 1. The number of β-amino-alcohol motifs (C(OH)–C–C–N with tert-alkyl or cyclic N) is 1. The van der Waals surface area contributed by atoms with Gasteiger partial charge < -0.3 is 15.7 Å². The Hall–Kier alpha value is -2.87. The van der Waals surface area contributed by atoms with Crippen LogP contribution in [0.3, 0.4) is 0 Å². The van der Waals surface area contributed by atoms with Gasteiger partial charge in [-0.1, -0.05) is 41.9 Å². The summed E-state index contributed by atoms with van der Waals surface area (Å²) in [5.41, 5.74) is 10.9. The second kappa shape index (κ2) is 7.75. The first kappa shape index (κ1) is 19.1. The van der Waals surface area contributed by atoms with E-state index in [9.17, 15) is 5.11 Å². The van der Waals surface area contributed by atoms with Gasteiger partial charge in [-0.3, -0.25) is 10.00 Å². The highest BCUT2D eigenvalue weighted by Crippen LogP contribution is 2.36. The SMILES string of the molecule is NC1=NC(c2ccccc2)=C(c2cc(Cl)c3[nH]ncc3c2)N(CCN2CC(O)C2)C1. The fraction of sp³-hybridized carbons (Fsp3) is 0.273. The number of nitrogens with two attached hydrogens (primary N) is 1. The molecule has 154 valence electrons. The Morgan fingerprint density at radius 3 is 2.70 bits per heavy atom. The van der Waals surface area contributed by atoms with E-state index in [-0.39, 0.29) is 6.10 Å². The van der Waals surface area contributed by atoms with Gasteiger partial charge in [0.05, 0.1) is 40.8 Å². The number of hydrogen-bond donors (Lipinski definition) is 3. The molecule has 3 aromatic rings. The van der Waals surface area contributed by atoms with E-state index in [2.05, 4.69) is 26.1 Å². The quantitative estimate of drug-likeness (QED) is 0.587. The molecule has 5 rings (SSSR count). The van der Waals surface area contributed by atoms with Crippen LogP contribution >= 0.6 is 11.6 Å². The number of hydrogen-bond acceptors (Lipinski definition) is 6. The second-order valence-electron chi connectivity index (χ2n) is 7.79. The van der Waals surface area contributed by atoms with Gasteiger partial charge in [0.1, 0.15) is 5.84 Å². The van der Waals surface area contributed by atoms with E-state index < -0.39 is 0 Å². The number of halogens is 1. The van der Waals surface area contributed by atoms with Gasteiger partial charge in [0, 0.05) is 42.7 Å². The summed E-state index contributed by atoms with van der Waals surface area (Å²) in [7, 11) is 0. The normalized spacial score (nSPS) is 18.1. The van der Waals surface area contributed by atoms with Crippen molar-refractivity contribution in [2.75, 3.05) is 32.7 Å². The third kappa shape index (κ3) is 3.56. The summed E-state index contributed by atoms with van der Waals surface area (Å²) in [5, 5.41) is 18.2. The minimum absolute atomic E-state index is 0.213. The molecule has 1 fully saturated rings. The largest absolute Gasteiger partial charge is 0.390 e. The van der Waals surface area contributed by atoms with E-state index in [0.29, 0.717) is 17.4 Å². The summed E-state index contributed by atoms with van der Waals surface area (Å²) in [6, 6.07) is 14.1. The fourth-order valence-corrected chi connectivity index (χ4v) is 4.37. The van der Waals surface area contributed by atoms with Gasteiger partial charge in [-0.25, -0.2) is 4.99 Å². The highest BCUT2D eigenvalue weighted by atomic mass is 35.5. The zero-order valence-electron chi connectivity index (χ0n) is 16.4. The Morgan fingerprint density at radius 1 is 1.13 bits per heavy atom. The van der Waals surface area contributed by atoms with Crippen molar-refractivity contribution in [1.82, 2.24) is 20.0 Å². The molecule has 2 aliphatic heterocycles. The van der Waals surface area contributed by atoms with Gasteiger partial charge in [-0.2, -0.15) is 5.10 Å². The molecule has 3 heterocycles. The standard InChI is InChI=1S/C22H23ClN6O/c23-18-9-15(8-16-10-25-27-20(16)18)22-21(14-4-2-1-3-5-14)26-19(24)13-29(22)7-6-28-11-17(30)12-28/h1-5,8-10,17,30H,6-7,11-13H2,(H2,24,26)(H,25,27). The molecular weight excluding hydrogens is 400 g/mol. The zero-order chi connectivity index (χ0) is 20.7. The second-order valence-corrected chi connectivity index (χ2v) is 8.20. The van der Waals surface area contributed by atoms with Crippen molar-refractivity contribution >= 4 is 39.7 Å². The van der Waals surface area contributed by atoms with Crippen LogP contribution < -0.4 is 5.73 Å². The van der Waals surface area contributed by atoms with Gasteiger partial charge in [0.2, 0.25) is 0 Å². The monoisotopic (exact) mass is 422 g/mol. The Labute approximate surface area is 179 Å². The smallest absolute Gasteiger partial charge is 0.119 e. The summed E-state index contributed by atoms with van der Waals surface area (Å²) < 4.78 is 0. The number of rotatable bonds is 5. The lowest BCUT2D eigenvalue weighted by atomic mass is 10.0. The number of likely N-dealkylation sites (tertiary alicyclic amines) is 1. The lowest BCUT2D eigenvalue weighted by Crippen LogP contribution is -2.53. The van der Waals surface area contributed by atoms with E-state index in [1.54, 1.807) is 6.20 Å². The van der Waals surface area contributed by atoms with Gasteiger partial charge >= 0.3 is 0 Å². The van der Waals surface area contributed by atoms with Crippen molar-refractivity contribution in [1.29, 1.82) is 0 Å². The molecule has 0 unspecified atom stereocenters. The molecule has 1 aromatic heterocycles. The first-order chi connectivity index (χ1) is 14.6. The highest BCUT2D eigenvalue weighted by Gasteiger charge is 2.28. The molecule has 7 nitrogen and oxygen atoms in total. The van der Waals surface area contributed by atoms with Crippen LogP contribution in [-0.2, 0) is 0 Å². The molecule has 2 aliphatic rings. The average Bonchev–Trinajstić information content (AvgIpc) is 3.20. The molecule has 0 bridgehead atoms. The molecule has 0 amide bonds. The Kier molecular flexibility index (Phi) is 4.94. The Morgan fingerprint density at radius 2 is 1.93 bits per heavy atom. The molecule has 2 aromatic carbocycles. The number of benzene rings is 2. The number of fused-ring (bicyclic) bond motifs is 1.